The lowest BCUT2D eigenvalue weighted by Gasteiger charge is -1.93. The molecule has 0 bridgehead atoms. The molecule has 1 amide bonds. The van der Waals surface area contributed by atoms with Crippen LogP contribution in [0.3, 0.4) is 0 Å². The first kappa shape index (κ1) is 11.1. The number of rotatable bonds is 1. The Labute approximate surface area is 92.5 Å². The van der Waals surface area contributed by atoms with Crippen molar-refractivity contribution in [3.05, 3.63) is 34.3 Å². The lowest BCUT2D eigenvalue weighted by molar-refractivity contribution is -0.117. The van der Waals surface area contributed by atoms with Gasteiger partial charge in [-0.15, -0.1) is 0 Å². The molecular formula is C11H7ClN2O. The van der Waals surface area contributed by atoms with Crippen molar-refractivity contribution in [2.75, 3.05) is 0 Å². The number of hydrogen-bond donors (Lipinski definition) is 1. The molecule has 1 aromatic rings. The molecule has 2 N–H and O–H groups in total. The molecule has 0 aliphatic carbocycles. The smallest absolute Gasteiger partial charge is 0.229 e. The third-order valence-corrected chi connectivity index (χ3v) is 1.74. The minimum atomic E-state index is -0.481. The van der Waals surface area contributed by atoms with Gasteiger partial charge in [0.2, 0.25) is 5.91 Å². The average Bonchev–Trinajstić information content (AvgIpc) is 2.16. The molecule has 0 saturated heterocycles. The van der Waals surface area contributed by atoms with Crippen LogP contribution >= 0.6 is 11.6 Å². The van der Waals surface area contributed by atoms with Gasteiger partial charge in [-0.05, 0) is 18.2 Å². The second-order valence-corrected chi connectivity index (χ2v) is 3.22. The second-order valence-electron chi connectivity index (χ2n) is 2.79. The van der Waals surface area contributed by atoms with Gasteiger partial charge in [0.15, 0.2) is 0 Å². The lowest BCUT2D eigenvalue weighted by atomic mass is 10.1. The van der Waals surface area contributed by atoms with Gasteiger partial charge in [-0.1, -0.05) is 23.4 Å². The number of halogens is 1. The summed E-state index contributed by atoms with van der Waals surface area (Å²) in [6, 6.07) is 6.72. The van der Waals surface area contributed by atoms with E-state index in [4.69, 9.17) is 22.6 Å². The Morgan fingerprint density at radius 3 is 2.67 bits per heavy atom. The summed E-state index contributed by atoms with van der Waals surface area (Å²) in [5.74, 6) is 4.81. The Hall–Kier alpha value is -1.97. The Balaban J connectivity index is 2.94. The molecule has 0 aliphatic heterocycles. The third kappa shape index (κ3) is 3.72. The Morgan fingerprint density at radius 2 is 2.07 bits per heavy atom. The monoisotopic (exact) mass is 218 g/mol. The molecule has 0 atom stereocenters. The summed E-state index contributed by atoms with van der Waals surface area (Å²) in [7, 11) is 0. The number of primary amides is 1. The zero-order chi connectivity index (χ0) is 11.3. The molecule has 0 aromatic heterocycles. The maximum atomic E-state index is 10.4. The number of nitrogens with zero attached hydrogens (tertiary/aromatic N) is 1. The maximum Gasteiger partial charge on any atom is 0.229 e. The fraction of sp³-hybridized carbons (Fsp3) is 0.0909. The van der Waals surface area contributed by atoms with Crippen LogP contribution < -0.4 is 5.73 Å². The highest BCUT2D eigenvalue weighted by molar-refractivity contribution is 6.30. The molecule has 4 heteroatoms. The highest BCUT2D eigenvalue weighted by Crippen LogP contribution is 2.13. The summed E-state index contributed by atoms with van der Waals surface area (Å²) < 4.78 is 0. The van der Waals surface area contributed by atoms with Gasteiger partial charge in [-0.3, -0.25) is 4.79 Å². The van der Waals surface area contributed by atoms with E-state index < -0.39 is 5.91 Å². The van der Waals surface area contributed by atoms with Crippen LogP contribution in [0.2, 0.25) is 5.02 Å². The van der Waals surface area contributed by atoms with Crippen molar-refractivity contribution in [3.63, 3.8) is 0 Å². The van der Waals surface area contributed by atoms with E-state index >= 15 is 0 Å². The predicted octanol–water partition coefficient (Wildman–Crippen LogP) is 1.44. The third-order valence-electron chi connectivity index (χ3n) is 1.52. The highest BCUT2D eigenvalue weighted by atomic mass is 35.5. The van der Waals surface area contributed by atoms with Crippen LogP contribution in [0.4, 0.5) is 0 Å². The standard InChI is InChI=1S/C11H7ClN2O/c12-10-5-8(2-1-3-11(14)15)4-9(6-10)7-13/h4-6H,3H2,(H2,14,15). The van der Waals surface area contributed by atoms with Crippen LogP contribution in [0.5, 0.6) is 0 Å². The number of amides is 1. The van der Waals surface area contributed by atoms with Crippen LogP contribution in [-0.2, 0) is 4.79 Å². The molecule has 15 heavy (non-hydrogen) atoms. The second kappa shape index (κ2) is 5.05. The molecule has 3 nitrogen and oxygen atoms in total. The fourth-order valence-corrected chi connectivity index (χ4v) is 1.19. The van der Waals surface area contributed by atoms with Crippen molar-refractivity contribution in [1.29, 1.82) is 5.26 Å². The topological polar surface area (TPSA) is 66.9 Å². The van der Waals surface area contributed by atoms with E-state index in [0.29, 0.717) is 16.1 Å². The lowest BCUT2D eigenvalue weighted by Crippen LogP contribution is -2.08. The predicted molar refractivity (Wildman–Crippen MR) is 56.9 cm³/mol. The Morgan fingerprint density at radius 1 is 1.40 bits per heavy atom. The molecule has 0 fully saturated rings. The summed E-state index contributed by atoms with van der Waals surface area (Å²) >= 11 is 5.76. The maximum absolute atomic E-state index is 10.4. The van der Waals surface area contributed by atoms with E-state index in [-0.39, 0.29) is 6.42 Å². The van der Waals surface area contributed by atoms with Gasteiger partial charge in [0, 0.05) is 10.6 Å². The van der Waals surface area contributed by atoms with Gasteiger partial charge in [0.05, 0.1) is 18.1 Å². The first-order valence-electron chi connectivity index (χ1n) is 4.09. The van der Waals surface area contributed by atoms with Crippen molar-refractivity contribution >= 4 is 17.5 Å². The number of carbonyl (C=O) groups excluding carboxylic acids is 1. The molecule has 0 aliphatic rings. The van der Waals surface area contributed by atoms with Gasteiger partial charge in [0.1, 0.15) is 0 Å². The van der Waals surface area contributed by atoms with E-state index in [9.17, 15) is 4.79 Å². The van der Waals surface area contributed by atoms with Gasteiger partial charge >= 0.3 is 0 Å². The van der Waals surface area contributed by atoms with E-state index in [1.54, 1.807) is 18.2 Å². The van der Waals surface area contributed by atoms with Crippen LogP contribution in [-0.4, -0.2) is 5.91 Å². The Bertz CT molecular complexity index is 492. The Kier molecular flexibility index (Phi) is 3.74. The quantitative estimate of drug-likeness (QED) is 0.725. The van der Waals surface area contributed by atoms with Crippen LogP contribution in [0.15, 0.2) is 18.2 Å². The highest BCUT2D eigenvalue weighted by Gasteiger charge is 1.96. The van der Waals surface area contributed by atoms with E-state index in [2.05, 4.69) is 11.8 Å². The zero-order valence-corrected chi connectivity index (χ0v) is 8.51. The molecule has 0 spiro atoms. The minimum Gasteiger partial charge on any atom is -0.369 e. The molecule has 74 valence electrons. The SMILES string of the molecule is N#Cc1cc(Cl)cc(C#CCC(N)=O)c1. The number of carbonyl (C=O) groups is 1. The normalized spacial score (nSPS) is 8.53. The average molecular weight is 219 g/mol. The van der Waals surface area contributed by atoms with E-state index in [1.165, 1.54) is 0 Å². The largest absolute Gasteiger partial charge is 0.369 e. The van der Waals surface area contributed by atoms with Crippen LogP contribution in [0, 0.1) is 23.2 Å². The zero-order valence-electron chi connectivity index (χ0n) is 7.75. The molecule has 1 aromatic carbocycles. The summed E-state index contributed by atoms with van der Waals surface area (Å²) in [4.78, 5) is 10.4. The van der Waals surface area contributed by atoms with Crippen molar-refractivity contribution in [2.24, 2.45) is 5.73 Å². The van der Waals surface area contributed by atoms with Crippen molar-refractivity contribution < 1.29 is 4.79 Å². The van der Waals surface area contributed by atoms with Gasteiger partial charge in [-0.25, -0.2) is 0 Å². The first-order valence-corrected chi connectivity index (χ1v) is 4.47. The molecule has 0 unspecified atom stereocenters. The molecular weight excluding hydrogens is 212 g/mol. The summed E-state index contributed by atoms with van der Waals surface area (Å²) in [5, 5.41) is 9.11. The molecule has 0 radical (unpaired) electrons. The summed E-state index contributed by atoms with van der Waals surface area (Å²) in [5.41, 5.74) is 5.96. The van der Waals surface area contributed by atoms with E-state index in [1.807, 2.05) is 6.07 Å². The van der Waals surface area contributed by atoms with Crippen molar-refractivity contribution in [2.45, 2.75) is 6.42 Å². The van der Waals surface area contributed by atoms with Crippen molar-refractivity contribution in [1.82, 2.24) is 0 Å². The van der Waals surface area contributed by atoms with Crippen molar-refractivity contribution in [3.8, 4) is 17.9 Å². The number of nitrogens with two attached hydrogens (primary N) is 1. The number of benzene rings is 1. The van der Waals surface area contributed by atoms with E-state index in [0.717, 1.165) is 0 Å². The van der Waals surface area contributed by atoms with Gasteiger partial charge in [-0.2, -0.15) is 5.26 Å². The van der Waals surface area contributed by atoms with Gasteiger partial charge in [0.25, 0.3) is 0 Å². The fourth-order valence-electron chi connectivity index (χ4n) is 0.960. The molecule has 0 heterocycles. The number of nitriles is 1. The van der Waals surface area contributed by atoms with Crippen LogP contribution in [0.1, 0.15) is 17.5 Å². The first-order chi connectivity index (χ1) is 7.11. The van der Waals surface area contributed by atoms with Crippen LogP contribution in [0.25, 0.3) is 0 Å². The summed E-state index contributed by atoms with van der Waals surface area (Å²) in [6.45, 7) is 0. The molecule has 1 rings (SSSR count). The molecule has 0 saturated carbocycles. The minimum absolute atomic E-state index is 0.00556. The van der Waals surface area contributed by atoms with Gasteiger partial charge < -0.3 is 5.73 Å². The number of hydrogen-bond acceptors (Lipinski definition) is 2. The summed E-state index contributed by atoms with van der Waals surface area (Å²) in [6.07, 6.45) is -0.00556.